The van der Waals surface area contributed by atoms with Gasteiger partial charge in [0.25, 0.3) is 0 Å². The van der Waals surface area contributed by atoms with Crippen LogP contribution in [0.4, 0.5) is 5.82 Å². The summed E-state index contributed by atoms with van der Waals surface area (Å²) in [4.78, 5) is 0. The van der Waals surface area contributed by atoms with Crippen molar-refractivity contribution in [2.75, 3.05) is 12.8 Å². The molecule has 1 aromatic heterocycles. The Morgan fingerprint density at radius 2 is 2.10 bits per heavy atom. The van der Waals surface area contributed by atoms with Crippen LogP contribution in [0.1, 0.15) is 25.7 Å². The maximum Gasteiger partial charge on any atom is 0.170 e. The number of H-pyrrole nitrogens is 1. The topological polar surface area (TPSA) is 73.2 Å². The maximum atomic E-state index is 6.24. The summed E-state index contributed by atoms with van der Waals surface area (Å²) in [5.41, 5.74) is 7.67. The van der Waals surface area contributed by atoms with Gasteiger partial charge in [-0.15, -0.1) is 0 Å². The van der Waals surface area contributed by atoms with Crippen LogP contribution in [0.25, 0.3) is 11.1 Å². The van der Waals surface area contributed by atoms with Crippen LogP contribution in [0.5, 0.6) is 11.5 Å². The summed E-state index contributed by atoms with van der Waals surface area (Å²) in [6.45, 7) is 0. The molecule has 6 heteroatoms. The van der Waals surface area contributed by atoms with Crippen molar-refractivity contribution in [3.63, 3.8) is 0 Å². The second-order valence-corrected chi connectivity index (χ2v) is 6.03. The average Bonchev–Trinajstić information content (AvgIpc) is 3.12. The molecule has 1 aromatic carbocycles. The summed E-state index contributed by atoms with van der Waals surface area (Å²) in [5, 5.41) is 6.76. The maximum absolute atomic E-state index is 6.24. The highest BCUT2D eigenvalue weighted by Crippen LogP contribution is 2.45. The molecule has 0 unspecified atom stereocenters. The van der Waals surface area contributed by atoms with Crippen molar-refractivity contribution in [1.82, 2.24) is 10.2 Å². The quantitative estimate of drug-likeness (QED) is 0.879. The van der Waals surface area contributed by atoms with E-state index in [1.165, 1.54) is 12.8 Å². The van der Waals surface area contributed by atoms with Crippen molar-refractivity contribution in [2.45, 2.75) is 31.8 Å². The van der Waals surface area contributed by atoms with Crippen LogP contribution in [-0.2, 0) is 0 Å². The van der Waals surface area contributed by atoms with Gasteiger partial charge in [0.05, 0.1) is 19.4 Å². The molecule has 3 N–H and O–H groups in total. The largest absolute Gasteiger partial charge is 0.493 e. The Bertz CT molecular complexity index is 636. The van der Waals surface area contributed by atoms with Gasteiger partial charge in [0.1, 0.15) is 5.82 Å². The van der Waals surface area contributed by atoms with Crippen LogP contribution in [0.2, 0.25) is 0 Å². The standard InChI is InChI=1S/C15H18BrN3O2/c1-20-12-7-6-11(16)13(10-8-18-19-15(10)17)14(12)21-9-4-2-3-5-9/h6-9H,2-5H2,1H3,(H3,17,18,19). The van der Waals surface area contributed by atoms with Crippen LogP contribution in [-0.4, -0.2) is 23.4 Å². The number of aromatic nitrogens is 2. The number of anilines is 1. The van der Waals surface area contributed by atoms with E-state index in [-0.39, 0.29) is 6.10 Å². The van der Waals surface area contributed by atoms with Gasteiger partial charge >= 0.3 is 0 Å². The van der Waals surface area contributed by atoms with E-state index in [2.05, 4.69) is 26.1 Å². The Morgan fingerprint density at radius 1 is 1.33 bits per heavy atom. The Kier molecular flexibility index (Phi) is 4.05. The van der Waals surface area contributed by atoms with Crippen molar-refractivity contribution in [1.29, 1.82) is 0 Å². The highest BCUT2D eigenvalue weighted by atomic mass is 79.9. The first kappa shape index (κ1) is 14.3. The van der Waals surface area contributed by atoms with Gasteiger partial charge in [-0.25, -0.2) is 0 Å². The number of rotatable bonds is 4. The Balaban J connectivity index is 2.09. The van der Waals surface area contributed by atoms with Crippen molar-refractivity contribution < 1.29 is 9.47 Å². The third kappa shape index (κ3) is 2.72. The van der Waals surface area contributed by atoms with E-state index in [4.69, 9.17) is 15.2 Å². The summed E-state index contributed by atoms with van der Waals surface area (Å²) in [6, 6.07) is 3.83. The number of benzene rings is 1. The van der Waals surface area contributed by atoms with E-state index in [1.807, 2.05) is 12.1 Å². The molecular formula is C15H18BrN3O2. The Morgan fingerprint density at radius 3 is 2.71 bits per heavy atom. The zero-order chi connectivity index (χ0) is 14.8. The number of nitrogens with two attached hydrogens (primary N) is 1. The SMILES string of the molecule is COc1ccc(Br)c(-c2cn[nH]c2N)c1OC1CCCC1. The third-order valence-electron chi connectivity index (χ3n) is 3.82. The molecule has 0 atom stereocenters. The molecule has 0 aliphatic heterocycles. The lowest BCUT2D eigenvalue weighted by Crippen LogP contribution is -2.12. The Hall–Kier alpha value is -1.69. The first-order valence-corrected chi connectivity index (χ1v) is 7.82. The number of methoxy groups -OCH3 is 1. The van der Waals surface area contributed by atoms with Crippen LogP contribution in [0, 0.1) is 0 Å². The molecule has 112 valence electrons. The van der Waals surface area contributed by atoms with E-state index in [9.17, 15) is 0 Å². The first-order chi connectivity index (χ1) is 10.2. The molecule has 2 aromatic rings. The van der Waals surface area contributed by atoms with Crippen molar-refractivity contribution in [3.05, 3.63) is 22.8 Å². The molecule has 0 amide bonds. The molecule has 0 bridgehead atoms. The molecule has 0 spiro atoms. The van der Waals surface area contributed by atoms with Gasteiger partial charge in [-0.3, -0.25) is 5.10 Å². The van der Waals surface area contributed by atoms with E-state index in [1.54, 1.807) is 13.3 Å². The van der Waals surface area contributed by atoms with Crippen molar-refractivity contribution >= 4 is 21.7 Å². The highest BCUT2D eigenvalue weighted by molar-refractivity contribution is 9.10. The normalized spacial score (nSPS) is 15.3. The van der Waals surface area contributed by atoms with Gasteiger partial charge in [0, 0.05) is 15.6 Å². The molecule has 1 aliphatic carbocycles. The number of halogens is 1. The lowest BCUT2D eigenvalue weighted by atomic mass is 10.1. The molecule has 5 nitrogen and oxygen atoms in total. The predicted octanol–water partition coefficient (Wildman–Crippen LogP) is 3.75. The molecule has 3 rings (SSSR count). The highest BCUT2D eigenvalue weighted by Gasteiger charge is 2.24. The van der Waals surface area contributed by atoms with Crippen LogP contribution in [0.3, 0.4) is 0 Å². The minimum Gasteiger partial charge on any atom is -0.493 e. The third-order valence-corrected chi connectivity index (χ3v) is 4.48. The smallest absolute Gasteiger partial charge is 0.170 e. The minimum atomic E-state index is 0.236. The van der Waals surface area contributed by atoms with E-state index in [0.717, 1.165) is 34.2 Å². The summed E-state index contributed by atoms with van der Waals surface area (Å²) < 4.78 is 12.6. The van der Waals surface area contributed by atoms with Crippen LogP contribution < -0.4 is 15.2 Å². The monoisotopic (exact) mass is 351 g/mol. The molecule has 21 heavy (non-hydrogen) atoms. The average molecular weight is 352 g/mol. The van der Waals surface area contributed by atoms with Crippen molar-refractivity contribution in [3.8, 4) is 22.6 Å². The molecule has 1 saturated carbocycles. The summed E-state index contributed by atoms with van der Waals surface area (Å²) in [6.07, 6.45) is 6.52. The number of nitrogen functional groups attached to an aromatic ring is 1. The summed E-state index contributed by atoms with van der Waals surface area (Å²) in [5.74, 6) is 1.95. The van der Waals surface area contributed by atoms with Gasteiger partial charge in [-0.1, -0.05) is 15.9 Å². The first-order valence-electron chi connectivity index (χ1n) is 7.03. The van der Waals surface area contributed by atoms with Crippen molar-refractivity contribution in [2.24, 2.45) is 0 Å². The Labute approximate surface area is 132 Å². The van der Waals surface area contributed by atoms with E-state index >= 15 is 0 Å². The second kappa shape index (κ2) is 5.97. The van der Waals surface area contributed by atoms with Gasteiger partial charge < -0.3 is 15.2 Å². The van der Waals surface area contributed by atoms with Gasteiger partial charge in [0.2, 0.25) is 0 Å². The minimum absolute atomic E-state index is 0.236. The lowest BCUT2D eigenvalue weighted by Gasteiger charge is -2.20. The summed E-state index contributed by atoms with van der Waals surface area (Å²) >= 11 is 3.58. The van der Waals surface area contributed by atoms with Crippen LogP contribution >= 0.6 is 15.9 Å². The number of nitrogens with zero attached hydrogens (tertiary/aromatic N) is 1. The molecule has 1 aliphatic rings. The van der Waals surface area contributed by atoms with Gasteiger partial charge in [-0.05, 0) is 37.8 Å². The fraction of sp³-hybridized carbons (Fsp3) is 0.400. The molecule has 1 fully saturated rings. The second-order valence-electron chi connectivity index (χ2n) is 5.18. The number of aromatic amines is 1. The van der Waals surface area contributed by atoms with Gasteiger partial charge in [0.15, 0.2) is 11.5 Å². The zero-order valence-corrected chi connectivity index (χ0v) is 13.4. The molecule has 1 heterocycles. The van der Waals surface area contributed by atoms with Crippen LogP contribution in [0.15, 0.2) is 22.8 Å². The fourth-order valence-corrected chi connectivity index (χ4v) is 3.26. The number of hydrogen-bond acceptors (Lipinski definition) is 4. The summed E-state index contributed by atoms with van der Waals surface area (Å²) in [7, 11) is 1.65. The van der Waals surface area contributed by atoms with E-state index in [0.29, 0.717) is 11.6 Å². The predicted molar refractivity (Wildman–Crippen MR) is 85.6 cm³/mol. The zero-order valence-electron chi connectivity index (χ0n) is 11.9. The molecule has 0 saturated heterocycles. The number of hydrogen-bond donors (Lipinski definition) is 2. The molecular weight excluding hydrogens is 334 g/mol. The molecule has 0 radical (unpaired) electrons. The lowest BCUT2D eigenvalue weighted by molar-refractivity contribution is 0.201. The van der Waals surface area contributed by atoms with E-state index < -0.39 is 0 Å². The van der Waals surface area contributed by atoms with Gasteiger partial charge in [-0.2, -0.15) is 5.10 Å². The number of ether oxygens (including phenoxy) is 2. The number of nitrogens with one attached hydrogen (secondary N) is 1. The fourth-order valence-electron chi connectivity index (χ4n) is 2.74.